The molecule has 0 spiro atoms. The topological polar surface area (TPSA) is 71.9 Å². The summed E-state index contributed by atoms with van der Waals surface area (Å²) in [4.78, 5) is 4.34. The fourth-order valence-electron chi connectivity index (χ4n) is 1.75. The van der Waals surface area contributed by atoms with Crippen LogP contribution in [-0.4, -0.2) is 23.4 Å². The maximum atomic E-state index is 8.81. The first-order valence-corrected chi connectivity index (χ1v) is 6.05. The van der Waals surface area contributed by atoms with Crippen LogP contribution in [0, 0.1) is 11.3 Å². The van der Waals surface area contributed by atoms with Crippen LogP contribution in [0.5, 0.6) is 0 Å². The molecule has 1 heterocycles. The van der Waals surface area contributed by atoms with Crippen molar-refractivity contribution in [2.24, 2.45) is 0 Å². The summed E-state index contributed by atoms with van der Waals surface area (Å²) in [5.41, 5.74) is 1.70. The third kappa shape index (κ3) is 3.18. The number of rotatable bonds is 5. The number of methoxy groups -OCH3 is 1. The van der Waals surface area contributed by atoms with E-state index in [9.17, 15) is 0 Å². The number of hydrogen-bond donors (Lipinski definition) is 0. The molecule has 2 aromatic rings. The monoisotopic (exact) mass is 257 g/mol. The highest BCUT2D eigenvalue weighted by molar-refractivity contribution is 5.59. The Hall–Kier alpha value is -2.19. The van der Waals surface area contributed by atoms with Gasteiger partial charge in [-0.15, -0.1) is 0 Å². The van der Waals surface area contributed by atoms with Crippen LogP contribution in [-0.2, 0) is 17.6 Å². The molecule has 1 atom stereocenters. The molecular weight excluding hydrogens is 242 g/mol. The van der Waals surface area contributed by atoms with Crippen molar-refractivity contribution in [3.05, 3.63) is 35.7 Å². The second-order valence-electron chi connectivity index (χ2n) is 4.26. The number of nitriles is 1. The van der Waals surface area contributed by atoms with E-state index < -0.39 is 0 Å². The zero-order valence-electron chi connectivity index (χ0n) is 11.0. The van der Waals surface area contributed by atoms with Gasteiger partial charge >= 0.3 is 0 Å². The Morgan fingerprint density at radius 1 is 1.42 bits per heavy atom. The Kier molecular flexibility index (Phi) is 4.26. The molecule has 19 heavy (non-hydrogen) atoms. The molecule has 0 N–H and O–H groups in total. The van der Waals surface area contributed by atoms with Crippen LogP contribution in [0.2, 0.25) is 0 Å². The van der Waals surface area contributed by atoms with Gasteiger partial charge in [-0.05, 0) is 18.6 Å². The highest BCUT2D eigenvalue weighted by Crippen LogP contribution is 2.22. The lowest BCUT2D eigenvalue weighted by molar-refractivity contribution is 0.116. The third-order valence-corrected chi connectivity index (χ3v) is 2.86. The van der Waals surface area contributed by atoms with Crippen molar-refractivity contribution in [3.63, 3.8) is 0 Å². The molecule has 1 unspecified atom stereocenters. The van der Waals surface area contributed by atoms with Crippen LogP contribution in [0.1, 0.15) is 18.3 Å². The van der Waals surface area contributed by atoms with Gasteiger partial charge in [-0.1, -0.05) is 23.4 Å². The lowest BCUT2D eigenvalue weighted by Crippen LogP contribution is -2.09. The molecule has 0 bridgehead atoms. The largest absolute Gasteiger partial charge is 0.381 e. The average molecular weight is 257 g/mol. The summed E-state index contributed by atoms with van der Waals surface area (Å²) in [6.45, 7) is 1.94. The first kappa shape index (κ1) is 13.2. The Bertz CT molecular complexity index is 586. The molecule has 0 radical (unpaired) electrons. The number of aromatic nitrogens is 2. The van der Waals surface area contributed by atoms with E-state index in [1.165, 1.54) is 0 Å². The number of nitrogens with zero attached hydrogens (tertiary/aromatic N) is 3. The fourth-order valence-corrected chi connectivity index (χ4v) is 1.75. The molecule has 1 aromatic heterocycles. The van der Waals surface area contributed by atoms with Crippen molar-refractivity contribution < 1.29 is 9.26 Å². The van der Waals surface area contributed by atoms with Crippen molar-refractivity contribution in [2.75, 3.05) is 7.11 Å². The molecule has 2 rings (SSSR count). The van der Waals surface area contributed by atoms with Gasteiger partial charge in [-0.25, -0.2) is 0 Å². The molecule has 0 amide bonds. The van der Waals surface area contributed by atoms with Gasteiger partial charge in [0.15, 0.2) is 5.82 Å². The average Bonchev–Trinajstić information content (AvgIpc) is 2.88. The van der Waals surface area contributed by atoms with Crippen LogP contribution in [0.3, 0.4) is 0 Å². The van der Waals surface area contributed by atoms with E-state index in [4.69, 9.17) is 14.5 Å². The molecule has 0 aliphatic carbocycles. The summed E-state index contributed by atoms with van der Waals surface area (Å²) in [5.74, 6) is 1.06. The molecule has 0 aliphatic rings. The predicted molar refractivity (Wildman–Crippen MR) is 69.2 cm³/mol. The van der Waals surface area contributed by atoms with E-state index in [0.717, 1.165) is 11.1 Å². The minimum absolute atomic E-state index is 0.0415. The Morgan fingerprint density at radius 3 is 2.95 bits per heavy atom. The maximum absolute atomic E-state index is 8.81. The molecule has 0 saturated carbocycles. The lowest BCUT2D eigenvalue weighted by Gasteiger charge is -2.04. The van der Waals surface area contributed by atoms with Crippen molar-refractivity contribution in [1.82, 2.24) is 10.1 Å². The van der Waals surface area contributed by atoms with Gasteiger partial charge in [0.1, 0.15) is 0 Å². The van der Waals surface area contributed by atoms with Gasteiger partial charge in [0.05, 0.1) is 18.6 Å². The first-order valence-electron chi connectivity index (χ1n) is 6.05. The van der Waals surface area contributed by atoms with E-state index in [-0.39, 0.29) is 6.10 Å². The Balaban J connectivity index is 2.25. The summed E-state index contributed by atoms with van der Waals surface area (Å²) in [7, 11) is 1.65. The molecule has 1 aromatic carbocycles. The molecular formula is C14H15N3O2. The standard InChI is InChI=1S/C14H15N3O2/c1-10(18-2)9-13-16-14(19-17-13)12-6-4-3-5-11(12)7-8-15/h3-6,10H,7,9H2,1-2H3. The summed E-state index contributed by atoms with van der Waals surface area (Å²) in [5, 5.41) is 12.7. The van der Waals surface area contributed by atoms with Crippen molar-refractivity contribution in [2.45, 2.75) is 25.9 Å². The first-order chi connectivity index (χ1) is 9.24. The van der Waals surface area contributed by atoms with Crippen LogP contribution in [0.15, 0.2) is 28.8 Å². The normalized spacial score (nSPS) is 12.1. The Morgan fingerprint density at radius 2 is 2.21 bits per heavy atom. The second-order valence-corrected chi connectivity index (χ2v) is 4.26. The maximum Gasteiger partial charge on any atom is 0.258 e. The third-order valence-electron chi connectivity index (χ3n) is 2.86. The van der Waals surface area contributed by atoms with Gasteiger partial charge in [0.2, 0.25) is 0 Å². The van der Waals surface area contributed by atoms with Crippen molar-refractivity contribution >= 4 is 0 Å². The smallest absolute Gasteiger partial charge is 0.258 e. The van der Waals surface area contributed by atoms with Crippen molar-refractivity contribution in [3.8, 4) is 17.5 Å². The molecule has 5 nitrogen and oxygen atoms in total. The zero-order chi connectivity index (χ0) is 13.7. The zero-order valence-corrected chi connectivity index (χ0v) is 11.0. The van der Waals surface area contributed by atoms with Gasteiger partial charge in [0, 0.05) is 19.1 Å². The highest BCUT2D eigenvalue weighted by Gasteiger charge is 2.14. The van der Waals surface area contributed by atoms with Gasteiger partial charge < -0.3 is 9.26 Å². The minimum Gasteiger partial charge on any atom is -0.381 e. The quantitative estimate of drug-likeness (QED) is 0.822. The van der Waals surface area contributed by atoms with Crippen LogP contribution < -0.4 is 0 Å². The van der Waals surface area contributed by atoms with E-state index in [2.05, 4.69) is 16.2 Å². The van der Waals surface area contributed by atoms with Gasteiger partial charge in [0.25, 0.3) is 5.89 Å². The van der Waals surface area contributed by atoms with E-state index in [1.807, 2.05) is 31.2 Å². The van der Waals surface area contributed by atoms with Gasteiger partial charge in [-0.2, -0.15) is 10.2 Å². The molecule has 0 saturated heterocycles. The summed E-state index contributed by atoms with van der Waals surface area (Å²) < 4.78 is 10.4. The fraction of sp³-hybridized carbons (Fsp3) is 0.357. The van der Waals surface area contributed by atoms with Crippen LogP contribution in [0.25, 0.3) is 11.5 Å². The highest BCUT2D eigenvalue weighted by atomic mass is 16.5. The van der Waals surface area contributed by atoms with Crippen LogP contribution >= 0.6 is 0 Å². The molecule has 0 fully saturated rings. The van der Waals surface area contributed by atoms with Gasteiger partial charge in [-0.3, -0.25) is 0 Å². The number of benzene rings is 1. The predicted octanol–water partition coefficient (Wildman–Crippen LogP) is 2.38. The number of hydrogen-bond acceptors (Lipinski definition) is 5. The second kappa shape index (κ2) is 6.12. The Labute approximate surface area is 111 Å². The minimum atomic E-state index is 0.0415. The van der Waals surface area contributed by atoms with E-state index in [0.29, 0.717) is 24.6 Å². The molecule has 0 aliphatic heterocycles. The summed E-state index contributed by atoms with van der Waals surface area (Å²) >= 11 is 0. The molecule has 98 valence electrons. The summed E-state index contributed by atoms with van der Waals surface area (Å²) in [6, 6.07) is 9.68. The van der Waals surface area contributed by atoms with Crippen molar-refractivity contribution in [1.29, 1.82) is 5.26 Å². The number of ether oxygens (including phenoxy) is 1. The molecule has 5 heteroatoms. The summed E-state index contributed by atoms with van der Waals surface area (Å²) in [6.07, 6.45) is 0.961. The lowest BCUT2D eigenvalue weighted by atomic mass is 10.1. The van der Waals surface area contributed by atoms with E-state index >= 15 is 0 Å². The van der Waals surface area contributed by atoms with Crippen LogP contribution in [0.4, 0.5) is 0 Å². The SMILES string of the molecule is COC(C)Cc1noc(-c2ccccc2CC#N)n1. The van der Waals surface area contributed by atoms with E-state index in [1.54, 1.807) is 7.11 Å².